The Balaban J connectivity index is 1.48. The van der Waals surface area contributed by atoms with Crippen molar-refractivity contribution in [2.45, 2.75) is 13.0 Å². The fourth-order valence-corrected chi connectivity index (χ4v) is 2.94. The lowest BCUT2D eigenvalue weighted by molar-refractivity contribution is -0.119. The number of urea groups is 1. The molecule has 1 heterocycles. The van der Waals surface area contributed by atoms with Crippen molar-refractivity contribution >= 4 is 29.2 Å². The number of carbonyl (C=O) groups is 2. The maximum absolute atomic E-state index is 12.0. The fourth-order valence-electron chi connectivity index (χ4n) is 2.64. The third-order valence-corrected chi connectivity index (χ3v) is 4.34. The van der Waals surface area contributed by atoms with Gasteiger partial charge in [-0.25, -0.2) is 4.79 Å². The van der Waals surface area contributed by atoms with E-state index in [1.54, 1.807) is 24.3 Å². The number of imide groups is 1. The third kappa shape index (κ3) is 5.12. The third-order valence-electron chi connectivity index (χ3n) is 3.99. The van der Waals surface area contributed by atoms with Gasteiger partial charge in [-0.1, -0.05) is 29.8 Å². The molecule has 0 aromatic heterocycles. The smallest absolute Gasteiger partial charge is 0.325 e. The van der Waals surface area contributed by atoms with Crippen molar-refractivity contribution < 1.29 is 19.1 Å². The number of rotatable bonds is 5. The minimum atomic E-state index is -0.621. The van der Waals surface area contributed by atoms with E-state index in [1.807, 2.05) is 25.1 Å². The number of amides is 3. The van der Waals surface area contributed by atoms with Gasteiger partial charge in [0.15, 0.2) is 11.5 Å². The predicted octanol–water partition coefficient (Wildman–Crippen LogP) is 3.11. The van der Waals surface area contributed by atoms with Gasteiger partial charge in [0.1, 0.15) is 13.2 Å². The van der Waals surface area contributed by atoms with E-state index in [0.717, 1.165) is 5.56 Å². The van der Waals surface area contributed by atoms with Crippen LogP contribution in [0.3, 0.4) is 0 Å². The molecule has 1 aliphatic heterocycles. The van der Waals surface area contributed by atoms with E-state index in [2.05, 4.69) is 16.0 Å². The number of hydrogen-bond donors (Lipinski definition) is 3. The number of ether oxygens (including phenoxy) is 2. The number of anilines is 1. The Labute approximate surface area is 162 Å². The van der Waals surface area contributed by atoms with Gasteiger partial charge in [-0.05, 0) is 30.7 Å². The van der Waals surface area contributed by atoms with Crippen LogP contribution in [-0.4, -0.2) is 31.7 Å². The summed E-state index contributed by atoms with van der Waals surface area (Å²) in [6.07, 6.45) is 0. The molecule has 3 N–H and O–H groups in total. The van der Waals surface area contributed by atoms with Gasteiger partial charge >= 0.3 is 6.03 Å². The van der Waals surface area contributed by atoms with Crippen LogP contribution in [0.15, 0.2) is 42.5 Å². The first-order valence-electron chi connectivity index (χ1n) is 8.51. The molecule has 2 aromatic rings. The summed E-state index contributed by atoms with van der Waals surface area (Å²) >= 11 is 6.14. The standard InChI is InChI=1S/C19H20ClN3O4/c1-12(14-4-2-3-5-15(14)20)21-11-18(24)23-19(25)22-13-6-7-16-17(10-13)27-9-8-26-16/h2-7,10,12,21H,8-9,11H2,1H3,(H2,22,23,24,25)/t12-/m1/s1. The van der Waals surface area contributed by atoms with E-state index in [0.29, 0.717) is 35.4 Å². The second-order valence-electron chi connectivity index (χ2n) is 5.98. The average molecular weight is 390 g/mol. The van der Waals surface area contributed by atoms with Crippen LogP contribution in [-0.2, 0) is 4.79 Å². The van der Waals surface area contributed by atoms with Gasteiger partial charge in [-0.15, -0.1) is 0 Å². The SMILES string of the molecule is C[C@@H](NCC(=O)NC(=O)Nc1ccc2c(c1)OCCO2)c1ccccc1Cl. The van der Waals surface area contributed by atoms with Crippen LogP contribution in [0.25, 0.3) is 0 Å². The number of fused-ring (bicyclic) bond motifs is 1. The van der Waals surface area contributed by atoms with E-state index in [9.17, 15) is 9.59 Å². The lowest BCUT2D eigenvalue weighted by atomic mass is 10.1. The monoisotopic (exact) mass is 389 g/mol. The quantitative estimate of drug-likeness (QED) is 0.731. The summed E-state index contributed by atoms with van der Waals surface area (Å²) in [6, 6.07) is 11.7. The molecule has 27 heavy (non-hydrogen) atoms. The molecule has 0 fully saturated rings. The summed E-state index contributed by atoms with van der Waals surface area (Å²) in [5, 5.41) is 8.53. The molecule has 142 valence electrons. The van der Waals surface area contributed by atoms with Crippen molar-refractivity contribution in [2.24, 2.45) is 0 Å². The molecular weight excluding hydrogens is 370 g/mol. The van der Waals surface area contributed by atoms with Crippen LogP contribution in [0.4, 0.5) is 10.5 Å². The van der Waals surface area contributed by atoms with Crippen molar-refractivity contribution in [1.82, 2.24) is 10.6 Å². The number of halogens is 1. The van der Waals surface area contributed by atoms with Gasteiger partial charge in [0.25, 0.3) is 0 Å². The van der Waals surface area contributed by atoms with E-state index in [-0.39, 0.29) is 12.6 Å². The molecule has 0 radical (unpaired) electrons. The Morgan fingerprint density at radius 3 is 2.63 bits per heavy atom. The average Bonchev–Trinajstić information content (AvgIpc) is 2.66. The highest BCUT2D eigenvalue weighted by atomic mass is 35.5. The first kappa shape index (κ1) is 19.0. The number of benzene rings is 2. The minimum Gasteiger partial charge on any atom is -0.486 e. The molecule has 0 aliphatic carbocycles. The van der Waals surface area contributed by atoms with Gasteiger partial charge in [-0.2, -0.15) is 0 Å². The summed E-state index contributed by atoms with van der Waals surface area (Å²) in [4.78, 5) is 24.0. The molecule has 0 saturated heterocycles. The van der Waals surface area contributed by atoms with Crippen molar-refractivity contribution in [3.8, 4) is 11.5 Å². The molecule has 0 spiro atoms. The molecule has 7 nitrogen and oxygen atoms in total. The normalized spacial score (nSPS) is 13.6. The van der Waals surface area contributed by atoms with Gasteiger partial charge in [0.05, 0.1) is 6.54 Å². The molecule has 0 unspecified atom stereocenters. The Hall–Kier alpha value is -2.77. The molecule has 8 heteroatoms. The molecule has 1 atom stereocenters. The highest BCUT2D eigenvalue weighted by Gasteiger charge is 2.15. The van der Waals surface area contributed by atoms with Crippen LogP contribution in [0.1, 0.15) is 18.5 Å². The van der Waals surface area contributed by atoms with Crippen molar-refractivity contribution in [3.63, 3.8) is 0 Å². The van der Waals surface area contributed by atoms with Crippen molar-refractivity contribution in [1.29, 1.82) is 0 Å². The van der Waals surface area contributed by atoms with Crippen molar-refractivity contribution in [3.05, 3.63) is 53.1 Å². The van der Waals surface area contributed by atoms with Crippen LogP contribution in [0.2, 0.25) is 5.02 Å². The zero-order valence-corrected chi connectivity index (χ0v) is 15.5. The largest absolute Gasteiger partial charge is 0.486 e. The van der Waals surface area contributed by atoms with Crippen molar-refractivity contribution in [2.75, 3.05) is 25.1 Å². The molecular formula is C19H20ClN3O4. The zero-order chi connectivity index (χ0) is 19.2. The Morgan fingerprint density at radius 1 is 1.11 bits per heavy atom. The van der Waals surface area contributed by atoms with Gasteiger partial charge < -0.3 is 20.1 Å². The summed E-state index contributed by atoms with van der Waals surface area (Å²) < 4.78 is 10.9. The number of nitrogens with one attached hydrogen (secondary N) is 3. The zero-order valence-electron chi connectivity index (χ0n) is 14.8. The Kier molecular flexibility index (Phi) is 6.16. The number of hydrogen-bond acceptors (Lipinski definition) is 5. The van der Waals surface area contributed by atoms with Crippen LogP contribution in [0, 0.1) is 0 Å². The van der Waals surface area contributed by atoms with Crippen LogP contribution in [0.5, 0.6) is 11.5 Å². The summed E-state index contributed by atoms with van der Waals surface area (Å²) in [6.45, 7) is 2.81. The molecule has 1 aliphatic rings. The Morgan fingerprint density at radius 2 is 1.85 bits per heavy atom. The molecule has 3 rings (SSSR count). The fraction of sp³-hybridized carbons (Fsp3) is 0.263. The van der Waals surface area contributed by atoms with Crippen LogP contribution >= 0.6 is 11.6 Å². The molecule has 0 saturated carbocycles. The molecule has 2 aromatic carbocycles. The second kappa shape index (κ2) is 8.75. The Bertz CT molecular complexity index is 843. The minimum absolute atomic E-state index is 0.0268. The lowest BCUT2D eigenvalue weighted by Crippen LogP contribution is -2.40. The summed E-state index contributed by atoms with van der Waals surface area (Å²) in [7, 11) is 0. The maximum Gasteiger partial charge on any atom is 0.325 e. The highest BCUT2D eigenvalue weighted by molar-refractivity contribution is 6.31. The topological polar surface area (TPSA) is 88.7 Å². The first-order chi connectivity index (χ1) is 13.0. The number of carbonyl (C=O) groups excluding carboxylic acids is 2. The molecule has 3 amide bonds. The van der Waals surface area contributed by atoms with E-state index in [4.69, 9.17) is 21.1 Å². The predicted molar refractivity (Wildman–Crippen MR) is 102 cm³/mol. The van der Waals surface area contributed by atoms with Gasteiger partial charge in [0, 0.05) is 22.8 Å². The highest BCUT2D eigenvalue weighted by Crippen LogP contribution is 2.32. The van der Waals surface area contributed by atoms with Gasteiger partial charge in [0.2, 0.25) is 5.91 Å². The van der Waals surface area contributed by atoms with E-state index >= 15 is 0 Å². The van der Waals surface area contributed by atoms with Gasteiger partial charge in [-0.3, -0.25) is 10.1 Å². The van der Waals surface area contributed by atoms with E-state index in [1.165, 1.54) is 0 Å². The molecule has 0 bridgehead atoms. The summed E-state index contributed by atoms with van der Waals surface area (Å²) in [5.41, 5.74) is 1.38. The van der Waals surface area contributed by atoms with E-state index < -0.39 is 11.9 Å². The summed E-state index contributed by atoms with van der Waals surface area (Å²) in [5.74, 6) is 0.727. The first-order valence-corrected chi connectivity index (χ1v) is 8.89. The lowest BCUT2D eigenvalue weighted by Gasteiger charge is -2.19. The second-order valence-corrected chi connectivity index (χ2v) is 6.39. The van der Waals surface area contributed by atoms with Crippen LogP contribution < -0.4 is 25.4 Å². The maximum atomic E-state index is 12.0.